The monoisotopic (exact) mass is 200 g/mol. The van der Waals surface area contributed by atoms with Gasteiger partial charge in [0.2, 0.25) is 0 Å². The van der Waals surface area contributed by atoms with Gasteiger partial charge in [0.25, 0.3) is 0 Å². The largest absolute Gasteiger partial charge is 0.498 e. The maximum absolute atomic E-state index is 11.1. The molecule has 0 aliphatic carbocycles. The third-order valence-corrected chi connectivity index (χ3v) is 1.67. The lowest BCUT2D eigenvalue weighted by Crippen LogP contribution is -2.03. The van der Waals surface area contributed by atoms with Gasteiger partial charge in [-0.1, -0.05) is 13.3 Å². The SMILES string of the molecule is CCCCC(=CC(=O)OCC)OCC. The molecule has 0 heterocycles. The summed E-state index contributed by atoms with van der Waals surface area (Å²) in [6.45, 7) is 6.80. The lowest BCUT2D eigenvalue weighted by atomic mass is 10.2. The summed E-state index contributed by atoms with van der Waals surface area (Å²) in [5.74, 6) is 0.417. The van der Waals surface area contributed by atoms with E-state index in [9.17, 15) is 4.79 Å². The predicted molar refractivity (Wildman–Crippen MR) is 55.9 cm³/mol. The first-order valence-electron chi connectivity index (χ1n) is 5.24. The standard InChI is InChI=1S/C11H20O3/c1-4-7-8-10(13-5-2)9-11(12)14-6-3/h9H,4-8H2,1-3H3. The molecule has 0 saturated carbocycles. The third-order valence-electron chi connectivity index (χ3n) is 1.67. The van der Waals surface area contributed by atoms with E-state index in [2.05, 4.69) is 6.92 Å². The third kappa shape index (κ3) is 6.52. The number of carbonyl (C=O) groups is 1. The Bertz CT molecular complexity index is 185. The van der Waals surface area contributed by atoms with Gasteiger partial charge in [-0.15, -0.1) is 0 Å². The van der Waals surface area contributed by atoms with E-state index < -0.39 is 0 Å². The van der Waals surface area contributed by atoms with Gasteiger partial charge in [-0.25, -0.2) is 4.79 Å². The van der Waals surface area contributed by atoms with Crippen molar-refractivity contribution < 1.29 is 14.3 Å². The van der Waals surface area contributed by atoms with Crippen LogP contribution < -0.4 is 0 Å². The molecule has 0 spiro atoms. The summed E-state index contributed by atoms with van der Waals surface area (Å²) in [6.07, 6.45) is 4.38. The molecule has 14 heavy (non-hydrogen) atoms. The number of carbonyl (C=O) groups excluding carboxylic acids is 1. The predicted octanol–water partition coefficient (Wildman–Crippen LogP) is 2.66. The molecule has 3 nitrogen and oxygen atoms in total. The number of ether oxygens (including phenoxy) is 2. The zero-order chi connectivity index (χ0) is 10.8. The summed E-state index contributed by atoms with van der Waals surface area (Å²) in [5, 5.41) is 0. The second kappa shape index (κ2) is 8.60. The molecule has 0 aliphatic rings. The van der Waals surface area contributed by atoms with Gasteiger partial charge in [0.15, 0.2) is 0 Å². The second-order valence-electron chi connectivity index (χ2n) is 2.90. The van der Waals surface area contributed by atoms with E-state index in [4.69, 9.17) is 9.47 Å². The fourth-order valence-corrected chi connectivity index (χ4v) is 1.04. The van der Waals surface area contributed by atoms with Crippen LogP contribution in [0.3, 0.4) is 0 Å². The van der Waals surface area contributed by atoms with Crippen molar-refractivity contribution in [2.24, 2.45) is 0 Å². The molecule has 0 radical (unpaired) electrons. The molecule has 0 unspecified atom stereocenters. The molecule has 82 valence electrons. The van der Waals surface area contributed by atoms with E-state index in [0.29, 0.717) is 13.2 Å². The van der Waals surface area contributed by atoms with E-state index in [-0.39, 0.29) is 5.97 Å². The fraction of sp³-hybridized carbons (Fsp3) is 0.727. The van der Waals surface area contributed by atoms with Gasteiger partial charge in [-0.3, -0.25) is 0 Å². The number of rotatable bonds is 7. The molecule has 0 bridgehead atoms. The Kier molecular flexibility index (Phi) is 7.99. The highest BCUT2D eigenvalue weighted by Gasteiger charge is 2.02. The highest BCUT2D eigenvalue weighted by atomic mass is 16.5. The van der Waals surface area contributed by atoms with Crippen LogP contribution in [0.4, 0.5) is 0 Å². The van der Waals surface area contributed by atoms with Gasteiger partial charge in [-0.2, -0.15) is 0 Å². The molecule has 0 saturated heterocycles. The Morgan fingerprint density at radius 2 is 1.79 bits per heavy atom. The summed E-state index contributed by atoms with van der Waals surface area (Å²) in [6, 6.07) is 0. The van der Waals surface area contributed by atoms with E-state index in [1.165, 1.54) is 6.08 Å². The van der Waals surface area contributed by atoms with Crippen LogP contribution in [0.15, 0.2) is 11.8 Å². The van der Waals surface area contributed by atoms with Crippen LogP contribution in [0, 0.1) is 0 Å². The van der Waals surface area contributed by atoms with Crippen molar-refractivity contribution >= 4 is 5.97 Å². The maximum Gasteiger partial charge on any atom is 0.334 e. The fourth-order valence-electron chi connectivity index (χ4n) is 1.04. The number of hydrogen-bond donors (Lipinski definition) is 0. The van der Waals surface area contributed by atoms with E-state index >= 15 is 0 Å². The Morgan fingerprint density at radius 3 is 2.29 bits per heavy atom. The topological polar surface area (TPSA) is 35.5 Å². The summed E-state index contributed by atoms with van der Waals surface area (Å²) in [4.78, 5) is 11.1. The van der Waals surface area contributed by atoms with Gasteiger partial charge < -0.3 is 9.47 Å². The minimum atomic E-state index is -0.313. The van der Waals surface area contributed by atoms with Gasteiger partial charge in [0.1, 0.15) is 5.76 Å². The Labute approximate surface area is 86.1 Å². The van der Waals surface area contributed by atoms with Crippen molar-refractivity contribution in [3.63, 3.8) is 0 Å². The maximum atomic E-state index is 11.1. The van der Waals surface area contributed by atoms with E-state index in [1.54, 1.807) is 6.92 Å². The molecule has 0 N–H and O–H groups in total. The molecular formula is C11H20O3. The van der Waals surface area contributed by atoms with Gasteiger partial charge in [0.05, 0.1) is 19.3 Å². The number of allylic oxidation sites excluding steroid dienone is 1. The van der Waals surface area contributed by atoms with E-state index in [0.717, 1.165) is 25.0 Å². The Balaban J connectivity index is 4.08. The zero-order valence-corrected chi connectivity index (χ0v) is 9.34. The van der Waals surface area contributed by atoms with Crippen molar-refractivity contribution in [1.29, 1.82) is 0 Å². The normalized spacial score (nSPS) is 11.2. The van der Waals surface area contributed by atoms with Crippen molar-refractivity contribution in [3.8, 4) is 0 Å². The molecule has 0 fully saturated rings. The van der Waals surface area contributed by atoms with Crippen LogP contribution >= 0.6 is 0 Å². The van der Waals surface area contributed by atoms with Crippen molar-refractivity contribution in [2.45, 2.75) is 40.0 Å². The number of esters is 1. The van der Waals surface area contributed by atoms with Crippen LogP contribution in [-0.2, 0) is 14.3 Å². The van der Waals surface area contributed by atoms with Gasteiger partial charge in [0, 0.05) is 6.42 Å². The Hall–Kier alpha value is -0.990. The molecule has 3 heteroatoms. The number of unbranched alkanes of at least 4 members (excludes halogenated alkanes) is 1. The lowest BCUT2D eigenvalue weighted by Gasteiger charge is -2.07. The number of hydrogen-bond acceptors (Lipinski definition) is 3. The molecule has 0 aromatic rings. The van der Waals surface area contributed by atoms with Crippen LogP contribution in [0.5, 0.6) is 0 Å². The van der Waals surface area contributed by atoms with Crippen molar-refractivity contribution in [1.82, 2.24) is 0 Å². The zero-order valence-electron chi connectivity index (χ0n) is 9.34. The molecular weight excluding hydrogens is 180 g/mol. The first-order chi connectivity index (χ1) is 6.74. The first kappa shape index (κ1) is 13.0. The molecule has 0 aromatic heterocycles. The highest BCUT2D eigenvalue weighted by molar-refractivity contribution is 5.82. The molecule has 0 aromatic carbocycles. The van der Waals surface area contributed by atoms with Crippen molar-refractivity contribution in [2.75, 3.05) is 13.2 Å². The molecule has 0 rings (SSSR count). The average molecular weight is 200 g/mol. The van der Waals surface area contributed by atoms with Crippen LogP contribution in [0.25, 0.3) is 0 Å². The van der Waals surface area contributed by atoms with Crippen molar-refractivity contribution in [3.05, 3.63) is 11.8 Å². The first-order valence-corrected chi connectivity index (χ1v) is 5.24. The van der Waals surface area contributed by atoms with Gasteiger partial charge in [-0.05, 0) is 20.3 Å². The minimum absolute atomic E-state index is 0.313. The summed E-state index contributed by atoms with van der Waals surface area (Å²) in [7, 11) is 0. The summed E-state index contributed by atoms with van der Waals surface area (Å²) in [5.41, 5.74) is 0. The van der Waals surface area contributed by atoms with Gasteiger partial charge >= 0.3 is 5.97 Å². The second-order valence-corrected chi connectivity index (χ2v) is 2.90. The summed E-state index contributed by atoms with van der Waals surface area (Å²) < 4.78 is 10.1. The highest BCUT2D eigenvalue weighted by Crippen LogP contribution is 2.09. The van der Waals surface area contributed by atoms with Crippen LogP contribution in [0.2, 0.25) is 0 Å². The Morgan fingerprint density at radius 1 is 1.14 bits per heavy atom. The quantitative estimate of drug-likeness (QED) is 0.360. The smallest absolute Gasteiger partial charge is 0.334 e. The van der Waals surface area contributed by atoms with Crippen LogP contribution in [0.1, 0.15) is 40.0 Å². The summed E-state index contributed by atoms with van der Waals surface area (Å²) >= 11 is 0. The lowest BCUT2D eigenvalue weighted by molar-refractivity contribution is -0.137. The van der Waals surface area contributed by atoms with Crippen LogP contribution in [-0.4, -0.2) is 19.2 Å². The molecule has 0 amide bonds. The average Bonchev–Trinajstić information content (AvgIpc) is 2.15. The van der Waals surface area contributed by atoms with E-state index in [1.807, 2.05) is 6.92 Å². The molecule has 0 aliphatic heterocycles. The minimum Gasteiger partial charge on any atom is -0.498 e. The molecule has 0 atom stereocenters.